The molecular weight excluding hydrogens is 148 g/mol. The minimum Gasteiger partial charge on any atom is -0.426 e. The van der Waals surface area contributed by atoms with E-state index in [0.717, 1.165) is 6.92 Å². The molecule has 2 atom stereocenters. The van der Waals surface area contributed by atoms with E-state index in [2.05, 4.69) is 0 Å². The molecule has 58 valence electrons. The van der Waals surface area contributed by atoms with Crippen molar-refractivity contribution in [1.82, 2.24) is 0 Å². The van der Waals surface area contributed by atoms with Gasteiger partial charge in [-0.15, -0.1) is 0 Å². The van der Waals surface area contributed by atoms with E-state index < -0.39 is 24.5 Å². The van der Waals surface area contributed by atoms with E-state index in [1.807, 2.05) is 0 Å². The van der Waals surface area contributed by atoms with Crippen molar-refractivity contribution in [1.29, 1.82) is 0 Å². The second-order valence-corrected chi connectivity index (χ2v) is 2.64. The van der Waals surface area contributed by atoms with Crippen LogP contribution in [-0.4, -0.2) is 29.3 Å². The van der Waals surface area contributed by atoms with Crippen LogP contribution in [0.4, 0.5) is 13.2 Å². The smallest absolute Gasteiger partial charge is 0.426 e. The van der Waals surface area contributed by atoms with E-state index in [4.69, 9.17) is 10.0 Å². The van der Waals surface area contributed by atoms with Gasteiger partial charge in [0, 0.05) is 0 Å². The van der Waals surface area contributed by atoms with Gasteiger partial charge >= 0.3 is 7.12 Å². The van der Waals surface area contributed by atoms with Crippen molar-refractivity contribution in [3.05, 3.63) is 0 Å². The van der Waals surface area contributed by atoms with Gasteiger partial charge in [0.1, 0.15) is 5.31 Å². The van der Waals surface area contributed by atoms with Gasteiger partial charge in [-0.25, -0.2) is 13.2 Å². The molecule has 6 heteroatoms. The molecule has 1 fully saturated rings. The molecule has 0 aromatic rings. The fraction of sp³-hybridized carbons (Fsp3) is 1.00. The monoisotopic (exact) mass is 154 g/mol. The van der Waals surface area contributed by atoms with Crippen molar-refractivity contribution in [2.24, 2.45) is 0 Å². The van der Waals surface area contributed by atoms with Crippen molar-refractivity contribution in [2.75, 3.05) is 0 Å². The molecule has 0 heterocycles. The Balaban J connectivity index is 2.78. The highest BCUT2D eigenvalue weighted by Crippen LogP contribution is 2.69. The average Bonchev–Trinajstić information content (AvgIpc) is 2.16. The standard InChI is InChI=1S/C4H6BF3O2/c1-3(5(9)10)2(6)4(3,7)8/h2,9-10H,1H3. The quantitative estimate of drug-likeness (QED) is 0.529. The molecule has 1 saturated carbocycles. The van der Waals surface area contributed by atoms with Crippen LogP contribution in [0.1, 0.15) is 6.92 Å². The summed E-state index contributed by atoms with van der Waals surface area (Å²) < 4.78 is 36.4. The molecule has 2 N–H and O–H groups in total. The molecule has 2 unspecified atom stereocenters. The van der Waals surface area contributed by atoms with E-state index in [1.54, 1.807) is 0 Å². The predicted octanol–water partition coefficient (Wildman–Crippen LogP) is 0.207. The predicted molar refractivity (Wildman–Crippen MR) is 28.4 cm³/mol. The van der Waals surface area contributed by atoms with Crippen LogP contribution in [0.25, 0.3) is 0 Å². The Morgan fingerprint density at radius 2 is 1.70 bits per heavy atom. The summed E-state index contributed by atoms with van der Waals surface area (Å²) in [5.74, 6) is -3.58. The molecule has 0 aromatic heterocycles. The highest BCUT2D eigenvalue weighted by atomic mass is 19.3. The lowest BCUT2D eigenvalue weighted by molar-refractivity contribution is 0.0755. The van der Waals surface area contributed by atoms with E-state index >= 15 is 0 Å². The lowest BCUT2D eigenvalue weighted by atomic mass is 9.70. The molecule has 0 saturated heterocycles. The maximum atomic E-state index is 12.1. The maximum Gasteiger partial charge on any atom is 0.467 e. The Morgan fingerprint density at radius 3 is 1.70 bits per heavy atom. The summed E-state index contributed by atoms with van der Waals surface area (Å²) in [6.07, 6.45) is -2.43. The summed E-state index contributed by atoms with van der Waals surface area (Å²) in [6, 6.07) is 0. The van der Waals surface area contributed by atoms with Crippen molar-refractivity contribution in [3.8, 4) is 0 Å². The third-order valence-corrected chi connectivity index (χ3v) is 2.02. The zero-order chi connectivity index (χ0) is 8.15. The number of halogens is 3. The van der Waals surface area contributed by atoms with Crippen LogP contribution in [0, 0.1) is 0 Å². The first-order chi connectivity index (χ1) is 4.35. The molecule has 0 bridgehead atoms. The van der Waals surface area contributed by atoms with Gasteiger partial charge in [-0.2, -0.15) is 0 Å². The second kappa shape index (κ2) is 1.68. The summed E-state index contributed by atoms with van der Waals surface area (Å²) in [6.45, 7) is 0.794. The van der Waals surface area contributed by atoms with Gasteiger partial charge in [-0.05, 0) is 0 Å². The summed E-state index contributed by atoms with van der Waals surface area (Å²) in [4.78, 5) is 0. The van der Waals surface area contributed by atoms with Gasteiger partial charge in [-0.1, -0.05) is 6.92 Å². The molecule has 0 amide bonds. The Morgan fingerprint density at radius 1 is 1.40 bits per heavy atom. The lowest BCUT2D eigenvalue weighted by Gasteiger charge is -2.04. The second-order valence-electron chi connectivity index (χ2n) is 2.64. The first kappa shape index (κ1) is 7.88. The van der Waals surface area contributed by atoms with Crippen LogP contribution >= 0.6 is 0 Å². The molecule has 2 nitrogen and oxygen atoms in total. The van der Waals surface area contributed by atoms with Crippen molar-refractivity contribution in [3.63, 3.8) is 0 Å². The van der Waals surface area contributed by atoms with E-state index in [1.165, 1.54) is 0 Å². The van der Waals surface area contributed by atoms with Crippen LogP contribution in [-0.2, 0) is 0 Å². The molecule has 0 radical (unpaired) electrons. The van der Waals surface area contributed by atoms with Crippen LogP contribution in [0.5, 0.6) is 0 Å². The third kappa shape index (κ3) is 0.581. The van der Waals surface area contributed by atoms with Crippen LogP contribution in [0.15, 0.2) is 0 Å². The molecular formula is C4H6BF3O2. The van der Waals surface area contributed by atoms with Gasteiger partial charge in [0.15, 0.2) is 6.17 Å². The Bertz CT molecular complexity index is 163. The van der Waals surface area contributed by atoms with Gasteiger partial charge < -0.3 is 10.0 Å². The first-order valence-corrected chi connectivity index (χ1v) is 2.73. The van der Waals surface area contributed by atoms with Crippen molar-refractivity contribution >= 4 is 7.12 Å². The van der Waals surface area contributed by atoms with Gasteiger partial charge in [0.2, 0.25) is 0 Å². The topological polar surface area (TPSA) is 40.5 Å². The zero-order valence-electron chi connectivity index (χ0n) is 5.18. The Labute approximate surface area is 55.8 Å². The summed E-state index contributed by atoms with van der Waals surface area (Å²) in [5.41, 5.74) is 0. The van der Waals surface area contributed by atoms with E-state index in [0.29, 0.717) is 0 Å². The minimum atomic E-state index is -3.58. The summed E-state index contributed by atoms with van der Waals surface area (Å²) in [5, 5.41) is 14.3. The number of rotatable bonds is 1. The molecule has 1 aliphatic rings. The molecule has 10 heavy (non-hydrogen) atoms. The molecule has 0 aliphatic heterocycles. The largest absolute Gasteiger partial charge is 0.467 e. The van der Waals surface area contributed by atoms with Gasteiger partial charge in [0.05, 0.1) is 0 Å². The number of alkyl halides is 3. The first-order valence-electron chi connectivity index (χ1n) is 2.73. The highest BCUT2D eigenvalue weighted by Gasteiger charge is 2.84. The van der Waals surface area contributed by atoms with Crippen molar-refractivity contribution in [2.45, 2.75) is 24.3 Å². The number of hydrogen-bond donors (Lipinski definition) is 2. The lowest BCUT2D eigenvalue weighted by Crippen LogP contribution is -2.24. The zero-order valence-corrected chi connectivity index (χ0v) is 5.18. The molecule has 0 spiro atoms. The SMILES string of the molecule is CC1(B(O)O)C(F)C1(F)F. The Kier molecular flexibility index (Phi) is 1.32. The summed E-state index contributed by atoms with van der Waals surface area (Å²) >= 11 is 0. The van der Waals surface area contributed by atoms with Crippen molar-refractivity contribution < 1.29 is 23.2 Å². The molecule has 0 aromatic carbocycles. The average molecular weight is 154 g/mol. The maximum absolute atomic E-state index is 12.1. The Hall–Kier alpha value is -0.225. The fourth-order valence-corrected chi connectivity index (χ4v) is 0.802. The molecule has 1 aliphatic carbocycles. The van der Waals surface area contributed by atoms with Crippen LogP contribution < -0.4 is 0 Å². The molecule has 1 rings (SSSR count). The number of hydrogen-bond acceptors (Lipinski definition) is 2. The van der Waals surface area contributed by atoms with Crippen LogP contribution in [0.3, 0.4) is 0 Å². The van der Waals surface area contributed by atoms with Crippen LogP contribution in [0.2, 0.25) is 5.31 Å². The minimum absolute atomic E-state index is 0.794. The summed E-state index contributed by atoms with van der Waals surface area (Å²) in [7, 11) is -2.29. The highest BCUT2D eigenvalue weighted by molar-refractivity contribution is 6.48. The van der Waals surface area contributed by atoms with E-state index in [9.17, 15) is 13.2 Å². The fourth-order valence-electron chi connectivity index (χ4n) is 0.802. The van der Waals surface area contributed by atoms with E-state index in [-0.39, 0.29) is 0 Å². The third-order valence-electron chi connectivity index (χ3n) is 2.02. The van der Waals surface area contributed by atoms with Gasteiger partial charge in [-0.3, -0.25) is 0 Å². The van der Waals surface area contributed by atoms with Gasteiger partial charge in [0.25, 0.3) is 5.92 Å². The normalized spacial score (nSPS) is 43.2.